The molecular formula is C18H14N2O2. The fraction of sp³-hybridized carbons (Fsp3) is 0.0556. The maximum Gasteiger partial charge on any atom is 0.274 e. The Hall–Kier alpha value is -3.01. The fourth-order valence-electron chi connectivity index (χ4n) is 2.19. The maximum atomic E-state index is 12.2. The molecule has 0 saturated carbocycles. The highest BCUT2D eigenvalue weighted by atomic mass is 16.2. The third kappa shape index (κ3) is 2.86. The van der Waals surface area contributed by atoms with Crippen LogP contribution in [0, 0.1) is 0 Å². The van der Waals surface area contributed by atoms with Gasteiger partial charge < -0.3 is 5.32 Å². The lowest BCUT2D eigenvalue weighted by Gasteiger charge is -2.06. The van der Waals surface area contributed by atoms with Crippen molar-refractivity contribution in [2.75, 3.05) is 5.32 Å². The Morgan fingerprint density at radius 1 is 0.955 bits per heavy atom. The predicted octanol–water partition coefficient (Wildman–Crippen LogP) is 3.69. The number of carbonyl (C=O) groups is 2. The molecule has 2 aromatic carbocycles. The summed E-state index contributed by atoms with van der Waals surface area (Å²) in [5.74, 6) is -0.282. The molecule has 0 aliphatic rings. The summed E-state index contributed by atoms with van der Waals surface area (Å²) >= 11 is 0. The number of Topliss-reactive ketones (excluding diaryl/α,β-unsaturated/α-hetero) is 1. The van der Waals surface area contributed by atoms with Gasteiger partial charge in [-0.15, -0.1) is 0 Å². The second kappa shape index (κ2) is 5.77. The smallest absolute Gasteiger partial charge is 0.274 e. The number of amides is 1. The molecule has 3 rings (SSSR count). The van der Waals surface area contributed by atoms with Crippen molar-refractivity contribution < 1.29 is 9.59 Å². The van der Waals surface area contributed by atoms with Gasteiger partial charge in [-0.2, -0.15) is 0 Å². The van der Waals surface area contributed by atoms with E-state index >= 15 is 0 Å². The first-order valence-corrected chi connectivity index (χ1v) is 6.90. The summed E-state index contributed by atoms with van der Waals surface area (Å²) in [6, 6.07) is 16.3. The lowest BCUT2D eigenvalue weighted by molar-refractivity contribution is 0.101. The van der Waals surface area contributed by atoms with Crippen molar-refractivity contribution in [2.45, 2.75) is 6.92 Å². The van der Waals surface area contributed by atoms with Crippen LogP contribution in [0.2, 0.25) is 0 Å². The minimum atomic E-state index is -0.277. The summed E-state index contributed by atoms with van der Waals surface area (Å²) in [7, 11) is 0. The van der Waals surface area contributed by atoms with Crippen LogP contribution >= 0.6 is 0 Å². The van der Waals surface area contributed by atoms with Crippen LogP contribution in [0.15, 0.2) is 60.8 Å². The topological polar surface area (TPSA) is 59.1 Å². The Morgan fingerprint density at radius 2 is 1.64 bits per heavy atom. The molecule has 108 valence electrons. The molecule has 22 heavy (non-hydrogen) atoms. The van der Waals surface area contributed by atoms with E-state index in [1.807, 2.05) is 24.3 Å². The monoisotopic (exact) mass is 290 g/mol. The summed E-state index contributed by atoms with van der Waals surface area (Å²) in [4.78, 5) is 27.6. The molecule has 3 aromatic rings. The van der Waals surface area contributed by atoms with Gasteiger partial charge in [-0.1, -0.05) is 24.3 Å². The van der Waals surface area contributed by atoms with Crippen LogP contribution in [-0.4, -0.2) is 16.7 Å². The SMILES string of the molecule is CC(=O)c1ccc(NC(=O)c2cc3ccccc3cn2)cc1. The predicted molar refractivity (Wildman–Crippen MR) is 86.1 cm³/mol. The number of anilines is 1. The van der Waals surface area contributed by atoms with E-state index in [9.17, 15) is 9.59 Å². The number of fused-ring (bicyclic) bond motifs is 1. The van der Waals surface area contributed by atoms with Crippen molar-refractivity contribution in [3.63, 3.8) is 0 Å². The van der Waals surface area contributed by atoms with Gasteiger partial charge in [0, 0.05) is 22.8 Å². The van der Waals surface area contributed by atoms with Gasteiger partial charge in [0.05, 0.1) is 0 Å². The van der Waals surface area contributed by atoms with E-state index < -0.39 is 0 Å². The van der Waals surface area contributed by atoms with Crippen molar-refractivity contribution in [2.24, 2.45) is 0 Å². The van der Waals surface area contributed by atoms with Crippen LogP contribution in [0.25, 0.3) is 10.8 Å². The number of pyridine rings is 1. The van der Waals surface area contributed by atoms with Crippen LogP contribution in [0.3, 0.4) is 0 Å². The summed E-state index contributed by atoms with van der Waals surface area (Å²) < 4.78 is 0. The van der Waals surface area contributed by atoms with E-state index in [1.54, 1.807) is 36.5 Å². The van der Waals surface area contributed by atoms with Gasteiger partial charge >= 0.3 is 0 Å². The molecule has 0 unspecified atom stereocenters. The Kier molecular flexibility index (Phi) is 3.66. The molecule has 0 aliphatic heterocycles. The van der Waals surface area contributed by atoms with E-state index in [4.69, 9.17) is 0 Å². The van der Waals surface area contributed by atoms with Crippen LogP contribution < -0.4 is 5.32 Å². The van der Waals surface area contributed by atoms with Gasteiger partial charge in [0.15, 0.2) is 5.78 Å². The highest BCUT2D eigenvalue weighted by molar-refractivity contribution is 6.05. The van der Waals surface area contributed by atoms with Gasteiger partial charge in [-0.3, -0.25) is 14.6 Å². The average molecular weight is 290 g/mol. The van der Waals surface area contributed by atoms with Gasteiger partial charge in [-0.25, -0.2) is 0 Å². The Morgan fingerprint density at radius 3 is 2.32 bits per heavy atom. The molecule has 0 saturated heterocycles. The second-order valence-electron chi connectivity index (χ2n) is 5.00. The van der Waals surface area contributed by atoms with E-state index in [2.05, 4.69) is 10.3 Å². The molecule has 0 atom stereocenters. The first kappa shape index (κ1) is 13.9. The van der Waals surface area contributed by atoms with Gasteiger partial charge in [-0.05, 0) is 42.6 Å². The lowest BCUT2D eigenvalue weighted by Crippen LogP contribution is -2.13. The molecule has 1 amide bonds. The third-order valence-electron chi connectivity index (χ3n) is 3.41. The van der Waals surface area contributed by atoms with Gasteiger partial charge in [0.25, 0.3) is 5.91 Å². The first-order chi connectivity index (χ1) is 10.6. The van der Waals surface area contributed by atoms with Crippen molar-refractivity contribution in [3.8, 4) is 0 Å². The number of ketones is 1. The number of nitrogens with one attached hydrogen (secondary N) is 1. The molecule has 1 N–H and O–H groups in total. The highest BCUT2D eigenvalue weighted by Gasteiger charge is 2.09. The molecule has 0 radical (unpaired) electrons. The number of rotatable bonds is 3. The van der Waals surface area contributed by atoms with Crippen molar-refractivity contribution in [1.29, 1.82) is 0 Å². The summed E-state index contributed by atoms with van der Waals surface area (Å²) in [5, 5.41) is 4.73. The highest BCUT2D eigenvalue weighted by Crippen LogP contribution is 2.15. The van der Waals surface area contributed by atoms with Crippen LogP contribution in [0.4, 0.5) is 5.69 Å². The van der Waals surface area contributed by atoms with E-state index in [1.165, 1.54) is 6.92 Å². The average Bonchev–Trinajstić information content (AvgIpc) is 2.55. The van der Waals surface area contributed by atoms with Crippen LogP contribution in [0.5, 0.6) is 0 Å². The Labute approximate surface area is 127 Å². The number of aromatic nitrogens is 1. The van der Waals surface area contributed by atoms with Crippen molar-refractivity contribution in [1.82, 2.24) is 4.98 Å². The molecule has 1 aromatic heterocycles. The summed E-state index contributed by atoms with van der Waals surface area (Å²) in [6.07, 6.45) is 1.68. The van der Waals surface area contributed by atoms with Crippen molar-refractivity contribution >= 4 is 28.2 Å². The van der Waals surface area contributed by atoms with Crippen LogP contribution in [-0.2, 0) is 0 Å². The lowest BCUT2D eigenvalue weighted by atomic mass is 10.1. The number of hydrogen-bond acceptors (Lipinski definition) is 3. The van der Waals surface area contributed by atoms with Crippen LogP contribution in [0.1, 0.15) is 27.8 Å². The zero-order valence-corrected chi connectivity index (χ0v) is 12.0. The van der Waals surface area contributed by atoms with Gasteiger partial charge in [0.2, 0.25) is 0 Å². The molecule has 0 spiro atoms. The van der Waals surface area contributed by atoms with E-state index in [0.717, 1.165) is 10.8 Å². The molecule has 4 nitrogen and oxygen atoms in total. The number of nitrogens with zero attached hydrogens (tertiary/aromatic N) is 1. The minimum absolute atomic E-state index is 0.00549. The summed E-state index contributed by atoms with van der Waals surface area (Å²) in [5.41, 5.74) is 1.60. The molecule has 0 fully saturated rings. The molecule has 1 heterocycles. The largest absolute Gasteiger partial charge is 0.321 e. The second-order valence-corrected chi connectivity index (χ2v) is 5.00. The maximum absolute atomic E-state index is 12.2. The fourth-order valence-corrected chi connectivity index (χ4v) is 2.19. The number of hydrogen-bond donors (Lipinski definition) is 1. The standard InChI is InChI=1S/C18H14N2O2/c1-12(21)13-6-8-16(9-7-13)20-18(22)17-10-14-4-2-3-5-15(14)11-19-17/h2-11H,1H3,(H,20,22). The zero-order chi connectivity index (χ0) is 15.5. The molecule has 4 heteroatoms. The van der Waals surface area contributed by atoms with E-state index in [0.29, 0.717) is 16.9 Å². The normalized spacial score (nSPS) is 10.4. The first-order valence-electron chi connectivity index (χ1n) is 6.90. The molecular weight excluding hydrogens is 276 g/mol. The number of benzene rings is 2. The quantitative estimate of drug-likeness (QED) is 0.748. The van der Waals surface area contributed by atoms with E-state index in [-0.39, 0.29) is 11.7 Å². The zero-order valence-electron chi connectivity index (χ0n) is 12.0. The van der Waals surface area contributed by atoms with Crippen molar-refractivity contribution in [3.05, 3.63) is 72.1 Å². The Bertz CT molecular complexity index is 854. The molecule has 0 bridgehead atoms. The minimum Gasteiger partial charge on any atom is -0.321 e. The summed E-state index contributed by atoms with van der Waals surface area (Å²) in [6.45, 7) is 1.51. The third-order valence-corrected chi connectivity index (χ3v) is 3.41. The molecule has 0 aliphatic carbocycles. The number of carbonyl (C=O) groups excluding carboxylic acids is 2. The van der Waals surface area contributed by atoms with Gasteiger partial charge in [0.1, 0.15) is 5.69 Å². The Balaban J connectivity index is 1.81.